The minimum Gasteiger partial charge on any atom is -0.467 e. The smallest absolute Gasteiger partial charge is 0.343 e. The van der Waals surface area contributed by atoms with E-state index in [-0.39, 0.29) is 5.69 Å². The van der Waals surface area contributed by atoms with Crippen LogP contribution in [0.1, 0.15) is 28.5 Å². The zero-order valence-electron chi connectivity index (χ0n) is 12.3. The average Bonchev–Trinajstić information content (AvgIpc) is 3.14. The molecule has 0 spiro atoms. The van der Waals surface area contributed by atoms with Gasteiger partial charge in [0, 0.05) is 5.69 Å². The van der Waals surface area contributed by atoms with Crippen LogP contribution in [0.5, 0.6) is 0 Å². The van der Waals surface area contributed by atoms with Crippen LogP contribution in [0.25, 0.3) is 0 Å². The Balaban J connectivity index is 1.92. The molecule has 0 bridgehead atoms. The van der Waals surface area contributed by atoms with Gasteiger partial charge in [0.1, 0.15) is 12.3 Å². The van der Waals surface area contributed by atoms with E-state index in [0.717, 1.165) is 17.0 Å². The second-order valence-electron chi connectivity index (χ2n) is 5.06. The molecule has 0 aromatic carbocycles. The molecular formula is C14H17N5O2. The number of aryl methyl sites for hydroxylation is 1. The fraction of sp³-hybridized carbons (Fsp3) is 0.357. The van der Waals surface area contributed by atoms with Crippen molar-refractivity contribution in [2.75, 3.05) is 0 Å². The van der Waals surface area contributed by atoms with Gasteiger partial charge in [0.05, 0.1) is 18.5 Å². The number of hydrogen-bond acceptors (Lipinski definition) is 4. The molecule has 1 N–H and O–H groups in total. The fourth-order valence-corrected chi connectivity index (χ4v) is 2.27. The van der Waals surface area contributed by atoms with Crippen LogP contribution < -0.4 is 5.69 Å². The zero-order chi connectivity index (χ0) is 15.0. The average molecular weight is 287 g/mol. The van der Waals surface area contributed by atoms with Gasteiger partial charge in [-0.3, -0.25) is 9.25 Å². The van der Waals surface area contributed by atoms with Gasteiger partial charge in [-0.05, 0) is 38.5 Å². The lowest BCUT2D eigenvalue weighted by Gasteiger charge is -2.06. The van der Waals surface area contributed by atoms with Crippen molar-refractivity contribution in [3.8, 4) is 0 Å². The first kappa shape index (κ1) is 13.4. The van der Waals surface area contributed by atoms with E-state index in [4.69, 9.17) is 4.42 Å². The molecule has 0 atom stereocenters. The van der Waals surface area contributed by atoms with E-state index in [0.29, 0.717) is 24.7 Å². The number of nitrogens with one attached hydrogen (secondary N) is 1. The summed E-state index contributed by atoms with van der Waals surface area (Å²) in [5, 5.41) is 11.1. The van der Waals surface area contributed by atoms with Crippen molar-refractivity contribution >= 4 is 0 Å². The number of nitrogens with zero attached hydrogens (tertiary/aromatic N) is 4. The molecule has 0 saturated heterocycles. The molecular weight excluding hydrogens is 270 g/mol. The standard InChI is InChI=1S/C14H17N5O2/c1-9-10(2)17-19(11(9)3)8-13-15-16-14(20)18(13)7-12-5-4-6-21-12/h4-6H,7-8H2,1-3H3,(H,16,20). The van der Waals surface area contributed by atoms with Crippen LogP contribution in [0.15, 0.2) is 27.6 Å². The summed E-state index contributed by atoms with van der Waals surface area (Å²) in [6, 6.07) is 3.63. The maximum absolute atomic E-state index is 11.9. The molecule has 0 fully saturated rings. The molecule has 0 aliphatic rings. The fourth-order valence-electron chi connectivity index (χ4n) is 2.27. The summed E-state index contributed by atoms with van der Waals surface area (Å²) in [7, 11) is 0. The number of aromatic nitrogens is 5. The molecule has 110 valence electrons. The van der Waals surface area contributed by atoms with Crippen LogP contribution in [0.2, 0.25) is 0 Å². The topological polar surface area (TPSA) is 81.6 Å². The monoisotopic (exact) mass is 287 g/mol. The van der Waals surface area contributed by atoms with Crippen molar-refractivity contribution in [2.45, 2.75) is 33.9 Å². The Morgan fingerprint density at radius 2 is 2.10 bits per heavy atom. The van der Waals surface area contributed by atoms with E-state index in [2.05, 4.69) is 15.3 Å². The van der Waals surface area contributed by atoms with Crippen LogP contribution >= 0.6 is 0 Å². The molecule has 3 rings (SSSR count). The van der Waals surface area contributed by atoms with E-state index >= 15 is 0 Å². The lowest BCUT2D eigenvalue weighted by atomic mass is 10.2. The maximum Gasteiger partial charge on any atom is 0.343 e. The van der Waals surface area contributed by atoms with E-state index in [1.807, 2.05) is 31.5 Å². The number of rotatable bonds is 4. The van der Waals surface area contributed by atoms with Crippen molar-refractivity contribution in [1.82, 2.24) is 24.5 Å². The van der Waals surface area contributed by atoms with Crippen molar-refractivity contribution in [1.29, 1.82) is 0 Å². The molecule has 7 heteroatoms. The van der Waals surface area contributed by atoms with E-state index in [9.17, 15) is 4.79 Å². The molecule has 0 radical (unpaired) electrons. The third-order valence-corrected chi connectivity index (χ3v) is 3.77. The Bertz CT molecular complexity index is 807. The third kappa shape index (κ3) is 2.42. The zero-order valence-corrected chi connectivity index (χ0v) is 12.3. The summed E-state index contributed by atoms with van der Waals surface area (Å²) in [5.41, 5.74) is 2.97. The van der Waals surface area contributed by atoms with Crippen molar-refractivity contribution in [3.63, 3.8) is 0 Å². The highest BCUT2D eigenvalue weighted by Crippen LogP contribution is 2.12. The first-order valence-electron chi connectivity index (χ1n) is 6.73. The SMILES string of the molecule is Cc1nn(Cc2n[nH]c(=O)n2Cc2ccco2)c(C)c1C. The van der Waals surface area contributed by atoms with E-state index in [1.54, 1.807) is 16.9 Å². The van der Waals surface area contributed by atoms with Crippen LogP contribution in [0.4, 0.5) is 0 Å². The summed E-state index contributed by atoms with van der Waals surface area (Å²) in [6.07, 6.45) is 1.59. The summed E-state index contributed by atoms with van der Waals surface area (Å²) in [6.45, 7) is 6.82. The molecule has 0 saturated carbocycles. The molecule has 0 amide bonds. The van der Waals surface area contributed by atoms with Crippen molar-refractivity contribution in [2.24, 2.45) is 0 Å². The number of hydrogen-bond donors (Lipinski definition) is 1. The lowest BCUT2D eigenvalue weighted by molar-refractivity contribution is 0.480. The van der Waals surface area contributed by atoms with Crippen molar-refractivity contribution in [3.05, 3.63) is 57.4 Å². The van der Waals surface area contributed by atoms with Gasteiger partial charge in [-0.15, -0.1) is 0 Å². The third-order valence-electron chi connectivity index (χ3n) is 3.77. The Hall–Kier alpha value is -2.57. The number of aromatic amines is 1. The summed E-state index contributed by atoms with van der Waals surface area (Å²) in [5.74, 6) is 1.34. The van der Waals surface area contributed by atoms with Gasteiger partial charge in [-0.25, -0.2) is 9.89 Å². The quantitative estimate of drug-likeness (QED) is 0.786. The highest BCUT2D eigenvalue weighted by molar-refractivity contribution is 5.22. The van der Waals surface area contributed by atoms with Gasteiger partial charge in [-0.1, -0.05) is 0 Å². The molecule has 3 aromatic rings. The highest BCUT2D eigenvalue weighted by Gasteiger charge is 2.14. The molecule has 3 aromatic heterocycles. The largest absolute Gasteiger partial charge is 0.467 e. The van der Waals surface area contributed by atoms with Gasteiger partial charge in [0.15, 0.2) is 5.82 Å². The van der Waals surface area contributed by atoms with Crippen LogP contribution in [0.3, 0.4) is 0 Å². The molecule has 0 aliphatic heterocycles. The molecule has 7 nitrogen and oxygen atoms in total. The van der Waals surface area contributed by atoms with Gasteiger partial charge in [0.25, 0.3) is 0 Å². The Kier molecular flexibility index (Phi) is 3.25. The Morgan fingerprint density at radius 1 is 1.29 bits per heavy atom. The van der Waals surface area contributed by atoms with Gasteiger partial charge in [-0.2, -0.15) is 10.2 Å². The van der Waals surface area contributed by atoms with Crippen LogP contribution in [0, 0.1) is 20.8 Å². The molecule has 0 unspecified atom stereocenters. The second kappa shape index (κ2) is 5.08. The first-order chi connectivity index (χ1) is 10.1. The second-order valence-corrected chi connectivity index (χ2v) is 5.06. The van der Waals surface area contributed by atoms with Gasteiger partial charge in [0.2, 0.25) is 0 Å². The van der Waals surface area contributed by atoms with E-state index in [1.165, 1.54) is 0 Å². The Morgan fingerprint density at radius 3 is 2.71 bits per heavy atom. The summed E-state index contributed by atoms with van der Waals surface area (Å²) >= 11 is 0. The Labute approximate surface area is 121 Å². The van der Waals surface area contributed by atoms with Gasteiger partial charge < -0.3 is 4.42 Å². The van der Waals surface area contributed by atoms with Crippen LogP contribution in [-0.4, -0.2) is 24.5 Å². The minimum absolute atomic E-state index is 0.250. The van der Waals surface area contributed by atoms with Crippen LogP contribution in [-0.2, 0) is 13.1 Å². The normalized spacial score (nSPS) is 11.2. The molecule has 21 heavy (non-hydrogen) atoms. The number of H-pyrrole nitrogens is 1. The lowest BCUT2D eigenvalue weighted by Crippen LogP contribution is -2.21. The minimum atomic E-state index is -0.250. The highest BCUT2D eigenvalue weighted by atomic mass is 16.3. The molecule has 0 aliphatic carbocycles. The first-order valence-corrected chi connectivity index (χ1v) is 6.73. The van der Waals surface area contributed by atoms with Gasteiger partial charge >= 0.3 is 5.69 Å². The predicted octanol–water partition coefficient (Wildman–Crippen LogP) is 1.38. The summed E-state index contributed by atoms with van der Waals surface area (Å²) < 4.78 is 8.71. The molecule has 3 heterocycles. The maximum atomic E-state index is 11.9. The predicted molar refractivity (Wildman–Crippen MR) is 76.2 cm³/mol. The van der Waals surface area contributed by atoms with E-state index < -0.39 is 0 Å². The summed E-state index contributed by atoms with van der Waals surface area (Å²) in [4.78, 5) is 11.9. The number of furan rings is 1. The van der Waals surface area contributed by atoms with Crippen molar-refractivity contribution < 1.29 is 4.42 Å².